The van der Waals surface area contributed by atoms with Crippen molar-refractivity contribution in [3.05, 3.63) is 64.1 Å². The van der Waals surface area contributed by atoms with Crippen LogP contribution in [-0.4, -0.2) is 16.2 Å². The van der Waals surface area contributed by atoms with Gasteiger partial charge in [0.15, 0.2) is 0 Å². The fourth-order valence-electron chi connectivity index (χ4n) is 4.98. The Morgan fingerprint density at radius 3 is 2.45 bits per heavy atom. The molecule has 2 heterocycles. The molecule has 0 aliphatic heterocycles. The van der Waals surface area contributed by atoms with E-state index in [1.165, 1.54) is 57.5 Å². The second-order valence-corrected chi connectivity index (χ2v) is 8.57. The standard InChI is InChI=1S/C28H36N2O/c1-7-10-12-22-18-24(29(9-3)19(22)4)27(21-15-16-21)26-20(5)30(17-8-2)28-23(26)13-11-14-25(28)31-6/h10-14,18H,7-9,15-17H2,1-6H3/b12-10-. The molecular weight excluding hydrogens is 380 g/mol. The molecule has 1 aliphatic carbocycles. The summed E-state index contributed by atoms with van der Waals surface area (Å²) in [6, 6.07) is 8.91. The highest BCUT2D eigenvalue weighted by Gasteiger charge is 2.29. The van der Waals surface area contributed by atoms with Gasteiger partial charge in [-0.05, 0) is 64.2 Å². The molecule has 3 aromatic rings. The van der Waals surface area contributed by atoms with E-state index in [9.17, 15) is 0 Å². The monoisotopic (exact) mass is 416 g/mol. The minimum absolute atomic E-state index is 0.967. The molecule has 2 aromatic heterocycles. The molecule has 1 saturated carbocycles. The molecule has 0 unspecified atom stereocenters. The average molecular weight is 417 g/mol. The number of hydrogen-bond donors (Lipinski definition) is 0. The molecule has 0 bridgehead atoms. The van der Waals surface area contributed by atoms with Crippen molar-refractivity contribution in [2.45, 2.75) is 73.4 Å². The van der Waals surface area contributed by atoms with Crippen LogP contribution in [-0.2, 0) is 13.1 Å². The number of ether oxygens (including phenoxy) is 1. The fraction of sp³-hybridized carbons (Fsp3) is 0.429. The molecule has 3 nitrogen and oxygen atoms in total. The highest BCUT2D eigenvalue weighted by molar-refractivity contribution is 6.02. The minimum atomic E-state index is 0.967. The molecule has 31 heavy (non-hydrogen) atoms. The first-order chi connectivity index (χ1) is 15.1. The summed E-state index contributed by atoms with van der Waals surface area (Å²) in [6.07, 6.45) is 9.12. The number of aryl methyl sites for hydroxylation is 1. The lowest BCUT2D eigenvalue weighted by Gasteiger charge is -2.14. The Bertz CT molecular complexity index is 1160. The second kappa shape index (κ2) is 8.82. The van der Waals surface area contributed by atoms with E-state index in [1.807, 2.05) is 0 Å². The van der Waals surface area contributed by atoms with Gasteiger partial charge in [-0.3, -0.25) is 0 Å². The van der Waals surface area contributed by atoms with Gasteiger partial charge in [-0.25, -0.2) is 0 Å². The normalized spacial score (nSPS) is 13.5. The van der Waals surface area contributed by atoms with E-state index >= 15 is 0 Å². The summed E-state index contributed by atoms with van der Waals surface area (Å²) in [4.78, 5) is 0. The molecule has 0 spiro atoms. The van der Waals surface area contributed by atoms with E-state index in [-0.39, 0.29) is 0 Å². The van der Waals surface area contributed by atoms with Crippen LogP contribution < -0.4 is 4.74 Å². The van der Waals surface area contributed by atoms with Crippen molar-refractivity contribution in [2.24, 2.45) is 0 Å². The van der Waals surface area contributed by atoms with Crippen LogP contribution in [0.1, 0.15) is 74.7 Å². The van der Waals surface area contributed by atoms with Crippen molar-refractivity contribution in [1.29, 1.82) is 0 Å². The number of fused-ring (bicyclic) bond motifs is 1. The number of benzene rings is 1. The number of hydrogen-bond acceptors (Lipinski definition) is 1. The predicted molar refractivity (Wildman–Crippen MR) is 133 cm³/mol. The second-order valence-electron chi connectivity index (χ2n) is 8.57. The molecule has 4 rings (SSSR count). The maximum atomic E-state index is 5.81. The predicted octanol–water partition coefficient (Wildman–Crippen LogP) is 7.52. The van der Waals surface area contributed by atoms with E-state index in [2.05, 4.69) is 80.2 Å². The van der Waals surface area contributed by atoms with Crippen molar-refractivity contribution in [1.82, 2.24) is 9.13 Å². The van der Waals surface area contributed by atoms with Crippen LogP contribution >= 0.6 is 0 Å². The van der Waals surface area contributed by atoms with Gasteiger partial charge in [0.2, 0.25) is 0 Å². The van der Waals surface area contributed by atoms with E-state index in [4.69, 9.17) is 4.74 Å². The van der Waals surface area contributed by atoms with Gasteiger partial charge in [-0.2, -0.15) is 0 Å². The molecule has 0 amide bonds. The third-order valence-corrected chi connectivity index (χ3v) is 6.59. The third kappa shape index (κ3) is 3.64. The van der Waals surface area contributed by atoms with Gasteiger partial charge in [-0.15, -0.1) is 0 Å². The number of aromatic nitrogens is 2. The molecule has 0 atom stereocenters. The molecule has 3 heteroatoms. The van der Waals surface area contributed by atoms with Gasteiger partial charge in [0.1, 0.15) is 5.75 Å². The quantitative estimate of drug-likeness (QED) is 0.372. The smallest absolute Gasteiger partial charge is 0.143 e. The Morgan fingerprint density at radius 1 is 1.06 bits per heavy atom. The number of rotatable bonds is 8. The summed E-state index contributed by atoms with van der Waals surface area (Å²) in [7, 11) is 1.78. The van der Waals surface area contributed by atoms with E-state index in [1.54, 1.807) is 12.7 Å². The molecular formula is C28H36N2O. The summed E-state index contributed by atoms with van der Waals surface area (Å²) in [5.41, 5.74) is 11.1. The highest BCUT2D eigenvalue weighted by atomic mass is 16.5. The van der Waals surface area contributed by atoms with Crippen LogP contribution in [0.4, 0.5) is 0 Å². The largest absolute Gasteiger partial charge is 0.495 e. The number of methoxy groups -OCH3 is 1. The number of nitrogens with zero attached hydrogens (tertiary/aromatic N) is 2. The van der Waals surface area contributed by atoms with E-state index in [0.29, 0.717) is 0 Å². The van der Waals surface area contributed by atoms with Gasteiger partial charge >= 0.3 is 0 Å². The van der Waals surface area contributed by atoms with E-state index in [0.717, 1.165) is 31.7 Å². The zero-order chi connectivity index (χ0) is 22.1. The Kier molecular flexibility index (Phi) is 6.13. The molecule has 0 radical (unpaired) electrons. The molecule has 1 aromatic carbocycles. The summed E-state index contributed by atoms with van der Waals surface area (Å²) in [5.74, 6) is 0.967. The number of para-hydroxylation sites is 1. The molecule has 1 fully saturated rings. The van der Waals surface area contributed by atoms with Crippen molar-refractivity contribution in [3.8, 4) is 5.75 Å². The maximum Gasteiger partial charge on any atom is 0.143 e. The zero-order valence-corrected chi connectivity index (χ0v) is 20.0. The van der Waals surface area contributed by atoms with Crippen LogP contribution in [0.5, 0.6) is 5.75 Å². The SMILES string of the molecule is CC/C=C\c1cc(C(=C2CC2)c2c(C)n(CCC)c3c(OC)cccc23)n(CC)c1C. The first kappa shape index (κ1) is 21.5. The van der Waals surface area contributed by atoms with Crippen LogP contribution in [0.25, 0.3) is 22.6 Å². The van der Waals surface area contributed by atoms with Crippen molar-refractivity contribution in [2.75, 3.05) is 7.11 Å². The molecule has 164 valence electrons. The minimum Gasteiger partial charge on any atom is -0.495 e. The Morgan fingerprint density at radius 2 is 1.84 bits per heavy atom. The van der Waals surface area contributed by atoms with Crippen LogP contribution in [0.3, 0.4) is 0 Å². The molecule has 0 saturated heterocycles. The Balaban J connectivity index is 2.03. The van der Waals surface area contributed by atoms with Crippen LogP contribution in [0.15, 0.2) is 35.9 Å². The first-order valence-corrected chi connectivity index (χ1v) is 11.8. The summed E-state index contributed by atoms with van der Waals surface area (Å²) < 4.78 is 10.8. The van der Waals surface area contributed by atoms with Gasteiger partial charge < -0.3 is 13.9 Å². The van der Waals surface area contributed by atoms with Crippen LogP contribution in [0.2, 0.25) is 0 Å². The van der Waals surface area contributed by atoms with Gasteiger partial charge in [-0.1, -0.05) is 43.7 Å². The van der Waals surface area contributed by atoms with Crippen molar-refractivity contribution in [3.63, 3.8) is 0 Å². The molecule has 0 N–H and O–H groups in total. The van der Waals surface area contributed by atoms with Crippen LogP contribution in [0, 0.1) is 13.8 Å². The Labute approximate surface area is 187 Å². The average Bonchev–Trinajstić information content (AvgIpc) is 3.51. The lowest BCUT2D eigenvalue weighted by Crippen LogP contribution is -2.05. The fourth-order valence-corrected chi connectivity index (χ4v) is 4.98. The third-order valence-electron chi connectivity index (χ3n) is 6.59. The van der Waals surface area contributed by atoms with Crippen molar-refractivity contribution < 1.29 is 4.74 Å². The van der Waals surface area contributed by atoms with Gasteiger partial charge in [0.25, 0.3) is 0 Å². The summed E-state index contributed by atoms with van der Waals surface area (Å²) >= 11 is 0. The summed E-state index contributed by atoms with van der Waals surface area (Å²) in [6.45, 7) is 13.2. The molecule has 1 aliphatic rings. The lowest BCUT2D eigenvalue weighted by molar-refractivity contribution is 0.417. The van der Waals surface area contributed by atoms with Gasteiger partial charge in [0, 0.05) is 46.7 Å². The lowest BCUT2D eigenvalue weighted by atomic mass is 9.97. The van der Waals surface area contributed by atoms with E-state index < -0.39 is 0 Å². The topological polar surface area (TPSA) is 19.1 Å². The zero-order valence-electron chi connectivity index (χ0n) is 20.0. The van der Waals surface area contributed by atoms with Gasteiger partial charge in [0.05, 0.1) is 12.6 Å². The summed E-state index contributed by atoms with van der Waals surface area (Å²) in [5, 5.41) is 1.31. The number of allylic oxidation sites excluding steroid dienone is 2. The highest BCUT2D eigenvalue weighted by Crippen LogP contribution is 2.46. The van der Waals surface area contributed by atoms with Crippen molar-refractivity contribution >= 4 is 22.6 Å². The first-order valence-electron chi connectivity index (χ1n) is 11.8. The maximum absolute atomic E-state index is 5.81. The Hall–Kier alpha value is -2.68.